The summed E-state index contributed by atoms with van der Waals surface area (Å²) in [5.74, 6) is 0.549. The molecule has 1 fully saturated rings. The topological polar surface area (TPSA) is 75.4 Å². The van der Waals surface area contributed by atoms with Crippen LogP contribution in [0.25, 0.3) is 0 Å². The SMILES string of the molecule is O=[N+]([O-])c1cnc(N2CCN(c3ccccc3)CC2)nc1. The van der Waals surface area contributed by atoms with E-state index >= 15 is 0 Å². The molecule has 0 spiro atoms. The monoisotopic (exact) mass is 285 g/mol. The molecule has 1 saturated heterocycles. The van der Waals surface area contributed by atoms with Gasteiger partial charge in [-0.1, -0.05) is 18.2 Å². The molecule has 0 N–H and O–H groups in total. The van der Waals surface area contributed by atoms with Crippen LogP contribution < -0.4 is 9.80 Å². The third kappa shape index (κ3) is 2.91. The predicted octanol–water partition coefficient (Wildman–Crippen LogP) is 1.71. The Hall–Kier alpha value is -2.70. The van der Waals surface area contributed by atoms with E-state index in [0.29, 0.717) is 5.95 Å². The Bertz CT molecular complexity index is 609. The Kier molecular flexibility index (Phi) is 3.63. The molecule has 2 heterocycles. The summed E-state index contributed by atoms with van der Waals surface area (Å²) >= 11 is 0. The summed E-state index contributed by atoms with van der Waals surface area (Å²) in [4.78, 5) is 22.6. The minimum Gasteiger partial charge on any atom is -0.368 e. The van der Waals surface area contributed by atoms with E-state index in [1.54, 1.807) is 0 Å². The first-order chi connectivity index (χ1) is 10.2. The number of nitrogens with zero attached hydrogens (tertiary/aromatic N) is 5. The normalized spacial score (nSPS) is 15.0. The lowest BCUT2D eigenvalue weighted by Gasteiger charge is -2.36. The van der Waals surface area contributed by atoms with Gasteiger partial charge >= 0.3 is 5.69 Å². The van der Waals surface area contributed by atoms with Crippen LogP contribution in [0.3, 0.4) is 0 Å². The first kappa shape index (κ1) is 13.3. The van der Waals surface area contributed by atoms with E-state index in [4.69, 9.17) is 0 Å². The van der Waals surface area contributed by atoms with Crippen LogP contribution in [-0.4, -0.2) is 41.1 Å². The number of hydrogen-bond acceptors (Lipinski definition) is 6. The molecule has 0 atom stereocenters. The summed E-state index contributed by atoms with van der Waals surface area (Å²) < 4.78 is 0. The maximum Gasteiger partial charge on any atom is 0.305 e. The first-order valence-electron chi connectivity index (χ1n) is 6.75. The molecule has 0 radical (unpaired) electrons. The highest BCUT2D eigenvalue weighted by Crippen LogP contribution is 2.18. The van der Waals surface area contributed by atoms with Gasteiger partial charge in [0, 0.05) is 31.9 Å². The highest BCUT2D eigenvalue weighted by molar-refractivity contribution is 5.48. The average Bonchev–Trinajstić information content (AvgIpc) is 2.56. The molecule has 0 amide bonds. The Labute approximate surface area is 122 Å². The first-order valence-corrected chi connectivity index (χ1v) is 6.75. The van der Waals surface area contributed by atoms with Crippen LogP contribution in [-0.2, 0) is 0 Å². The van der Waals surface area contributed by atoms with Gasteiger partial charge in [-0.05, 0) is 12.1 Å². The number of nitro groups is 1. The van der Waals surface area contributed by atoms with Crippen molar-refractivity contribution in [2.24, 2.45) is 0 Å². The smallest absolute Gasteiger partial charge is 0.305 e. The molecule has 0 aliphatic carbocycles. The summed E-state index contributed by atoms with van der Waals surface area (Å²) in [6, 6.07) is 10.3. The van der Waals surface area contributed by atoms with Crippen LogP contribution in [0.1, 0.15) is 0 Å². The predicted molar refractivity (Wildman–Crippen MR) is 79.6 cm³/mol. The molecular weight excluding hydrogens is 270 g/mol. The van der Waals surface area contributed by atoms with Crippen LogP contribution >= 0.6 is 0 Å². The number of anilines is 2. The quantitative estimate of drug-likeness (QED) is 0.631. The second kappa shape index (κ2) is 5.74. The van der Waals surface area contributed by atoms with Crippen molar-refractivity contribution in [3.8, 4) is 0 Å². The molecule has 1 aromatic carbocycles. The van der Waals surface area contributed by atoms with Gasteiger partial charge in [-0.25, -0.2) is 9.97 Å². The van der Waals surface area contributed by atoms with Crippen LogP contribution in [0, 0.1) is 10.1 Å². The third-order valence-corrected chi connectivity index (χ3v) is 3.52. The van der Waals surface area contributed by atoms with Gasteiger partial charge in [0.25, 0.3) is 0 Å². The molecule has 7 heteroatoms. The molecule has 0 unspecified atom stereocenters. The lowest BCUT2D eigenvalue weighted by molar-refractivity contribution is -0.385. The summed E-state index contributed by atoms with van der Waals surface area (Å²) in [7, 11) is 0. The van der Waals surface area contributed by atoms with Gasteiger partial charge in [-0.15, -0.1) is 0 Å². The fourth-order valence-electron chi connectivity index (χ4n) is 2.38. The van der Waals surface area contributed by atoms with Crippen LogP contribution in [0.5, 0.6) is 0 Å². The molecule has 2 aromatic rings. The molecule has 108 valence electrons. The van der Waals surface area contributed by atoms with E-state index < -0.39 is 4.92 Å². The Morgan fingerprint density at radius 3 is 2.10 bits per heavy atom. The van der Waals surface area contributed by atoms with Crippen molar-refractivity contribution in [1.29, 1.82) is 0 Å². The molecule has 1 aliphatic heterocycles. The summed E-state index contributed by atoms with van der Waals surface area (Å²) in [6.07, 6.45) is 2.51. The van der Waals surface area contributed by atoms with Crippen molar-refractivity contribution in [2.45, 2.75) is 0 Å². The van der Waals surface area contributed by atoms with Crippen molar-refractivity contribution in [3.63, 3.8) is 0 Å². The standard InChI is InChI=1S/C14H15N5O2/c20-19(21)13-10-15-14(16-11-13)18-8-6-17(7-9-18)12-4-2-1-3-5-12/h1-5,10-11H,6-9H2. The van der Waals surface area contributed by atoms with E-state index in [9.17, 15) is 10.1 Å². The van der Waals surface area contributed by atoms with Crippen molar-refractivity contribution < 1.29 is 4.92 Å². The third-order valence-electron chi connectivity index (χ3n) is 3.52. The largest absolute Gasteiger partial charge is 0.368 e. The van der Waals surface area contributed by atoms with Crippen molar-refractivity contribution in [1.82, 2.24) is 9.97 Å². The highest BCUT2D eigenvalue weighted by atomic mass is 16.6. The Morgan fingerprint density at radius 1 is 0.952 bits per heavy atom. The van der Waals surface area contributed by atoms with Crippen LogP contribution in [0.15, 0.2) is 42.7 Å². The van der Waals surface area contributed by atoms with Gasteiger partial charge in [0.15, 0.2) is 0 Å². The lowest BCUT2D eigenvalue weighted by Crippen LogP contribution is -2.47. The summed E-state index contributed by atoms with van der Waals surface area (Å²) in [5, 5.41) is 10.6. The van der Waals surface area contributed by atoms with Crippen molar-refractivity contribution in [2.75, 3.05) is 36.0 Å². The zero-order chi connectivity index (χ0) is 14.7. The van der Waals surface area contributed by atoms with Gasteiger partial charge in [0.1, 0.15) is 12.4 Å². The van der Waals surface area contributed by atoms with E-state index in [0.717, 1.165) is 26.2 Å². The van der Waals surface area contributed by atoms with E-state index in [1.165, 1.54) is 18.1 Å². The molecule has 7 nitrogen and oxygen atoms in total. The van der Waals surface area contributed by atoms with Crippen molar-refractivity contribution in [3.05, 3.63) is 52.8 Å². The average molecular weight is 285 g/mol. The van der Waals surface area contributed by atoms with Crippen molar-refractivity contribution >= 4 is 17.3 Å². The second-order valence-corrected chi connectivity index (χ2v) is 4.81. The maximum absolute atomic E-state index is 10.6. The molecule has 21 heavy (non-hydrogen) atoms. The lowest BCUT2D eigenvalue weighted by atomic mass is 10.2. The molecule has 1 aromatic heterocycles. The van der Waals surface area contributed by atoms with Gasteiger partial charge < -0.3 is 9.80 Å². The fraction of sp³-hybridized carbons (Fsp3) is 0.286. The van der Waals surface area contributed by atoms with Gasteiger partial charge in [-0.2, -0.15) is 0 Å². The Balaban J connectivity index is 1.64. The van der Waals surface area contributed by atoms with Crippen LogP contribution in [0.2, 0.25) is 0 Å². The number of hydrogen-bond donors (Lipinski definition) is 0. The molecular formula is C14H15N5O2. The molecule has 3 rings (SSSR count). The molecule has 0 saturated carbocycles. The number of piperazine rings is 1. The van der Waals surface area contributed by atoms with Gasteiger partial charge in [0.2, 0.25) is 5.95 Å². The number of aromatic nitrogens is 2. The molecule has 1 aliphatic rings. The van der Waals surface area contributed by atoms with Crippen LogP contribution in [0.4, 0.5) is 17.3 Å². The number of para-hydroxylation sites is 1. The minimum atomic E-state index is -0.489. The van der Waals surface area contributed by atoms with E-state index in [1.807, 2.05) is 23.1 Å². The maximum atomic E-state index is 10.6. The Morgan fingerprint density at radius 2 is 1.52 bits per heavy atom. The fourth-order valence-corrected chi connectivity index (χ4v) is 2.38. The van der Waals surface area contributed by atoms with E-state index in [-0.39, 0.29) is 5.69 Å². The summed E-state index contributed by atoms with van der Waals surface area (Å²) in [5.41, 5.74) is 1.13. The molecule has 0 bridgehead atoms. The van der Waals surface area contributed by atoms with E-state index in [2.05, 4.69) is 27.0 Å². The number of rotatable bonds is 3. The zero-order valence-corrected chi connectivity index (χ0v) is 11.4. The summed E-state index contributed by atoms with van der Waals surface area (Å²) in [6.45, 7) is 3.36. The highest BCUT2D eigenvalue weighted by Gasteiger charge is 2.19. The second-order valence-electron chi connectivity index (χ2n) is 4.81. The van der Waals surface area contributed by atoms with Gasteiger partial charge in [-0.3, -0.25) is 10.1 Å². The zero-order valence-electron chi connectivity index (χ0n) is 11.4. The minimum absolute atomic E-state index is 0.0818. The van der Waals surface area contributed by atoms with Gasteiger partial charge in [0.05, 0.1) is 4.92 Å². The number of benzene rings is 1.